The van der Waals surface area contributed by atoms with Crippen LogP contribution in [0.1, 0.15) is 25.5 Å². The van der Waals surface area contributed by atoms with Crippen LogP contribution < -0.4 is 15.9 Å². The van der Waals surface area contributed by atoms with Crippen LogP contribution in [0.25, 0.3) is 0 Å². The molecule has 6 nitrogen and oxygen atoms in total. The minimum absolute atomic E-state index is 0.0544. The summed E-state index contributed by atoms with van der Waals surface area (Å²) in [5.74, 6) is 0.207. The van der Waals surface area contributed by atoms with Crippen molar-refractivity contribution in [2.24, 2.45) is 10.9 Å². The second-order valence-electron chi connectivity index (χ2n) is 3.45. The Morgan fingerprint density at radius 2 is 2.56 bits per heavy atom. The lowest BCUT2D eigenvalue weighted by molar-refractivity contribution is 0.315. The molecule has 0 spiro atoms. The minimum Gasteiger partial charge on any atom is -0.409 e. The van der Waals surface area contributed by atoms with E-state index in [-0.39, 0.29) is 16.8 Å². The summed E-state index contributed by atoms with van der Waals surface area (Å²) in [4.78, 5) is 13.5. The first-order chi connectivity index (χ1) is 7.65. The minimum atomic E-state index is -0.0544. The number of oxime groups is 1. The highest BCUT2D eigenvalue weighted by Gasteiger charge is 2.08. The predicted octanol–water partition coefficient (Wildman–Crippen LogP) is 0.441. The zero-order valence-corrected chi connectivity index (χ0v) is 9.88. The standard InChI is InChI=1S/C9H16N4O2S/c1-2-6(3-8(10)13-15)11-4-7-5-16-9(14)12-7/h5-6,11,15H,2-4H2,1H3,(H2,10,13)(H,12,14). The number of aromatic amines is 1. The molecule has 0 radical (unpaired) electrons. The number of hydrogen-bond acceptors (Lipinski definition) is 5. The molecule has 5 N–H and O–H groups in total. The highest BCUT2D eigenvalue weighted by Crippen LogP contribution is 2.01. The number of H-pyrrole nitrogens is 1. The van der Waals surface area contributed by atoms with Gasteiger partial charge in [0.2, 0.25) is 0 Å². The van der Waals surface area contributed by atoms with E-state index in [4.69, 9.17) is 10.9 Å². The van der Waals surface area contributed by atoms with Gasteiger partial charge < -0.3 is 21.2 Å². The largest absolute Gasteiger partial charge is 0.409 e. The van der Waals surface area contributed by atoms with E-state index in [1.165, 1.54) is 0 Å². The highest BCUT2D eigenvalue weighted by atomic mass is 32.1. The Labute approximate surface area is 97.2 Å². The first-order valence-corrected chi connectivity index (χ1v) is 5.90. The SMILES string of the molecule is CCC(CC(N)=NO)NCc1csc(=O)[nH]1. The molecule has 0 bridgehead atoms. The molecular weight excluding hydrogens is 228 g/mol. The molecule has 1 atom stereocenters. The Hall–Kier alpha value is -1.34. The van der Waals surface area contributed by atoms with E-state index in [0.717, 1.165) is 23.5 Å². The van der Waals surface area contributed by atoms with Gasteiger partial charge in [-0.15, -0.1) is 0 Å². The molecule has 1 aromatic heterocycles. The van der Waals surface area contributed by atoms with Gasteiger partial charge in [0.15, 0.2) is 0 Å². The normalized spacial score (nSPS) is 13.9. The Kier molecular flexibility index (Phi) is 5.00. The second kappa shape index (κ2) is 6.29. The Morgan fingerprint density at radius 3 is 3.06 bits per heavy atom. The third-order valence-electron chi connectivity index (χ3n) is 2.23. The van der Waals surface area contributed by atoms with E-state index < -0.39 is 0 Å². The fraction of sp³-hybridized carbons (Fsp3) is 0.556. The topological polar surface area (TPSA) is 104 Å². The molecule has 0 saturated heterocycles. The number of amidine groups is 1. The van der Waals surface area contributed by atoms with Crippen molar-refractivity contribution in [3.63, 3.8) is 0 Å². The maximum Gasteiger partial charge on any atom is 0.304 e. The molecule has 0 aliphatic rings. The van der Waals surface area contributed by atoms with E-state index >= 15 is 0 Å². The quantitative estimate of drug-likeness (QED) is 0.252. The zero-order chi connectivity index (χ0) is 12.0. The number of nitrogens with zero attached hydrogens (tertiary/aromatic N) is 1. The lowest BCUT2D eigenvalue weighted by Gasteiger charge is -2.15. The number of nitrogens with two attached hydrogens (primary N) is 1. The third kappa shape index (κ3) is 4.03. The summed E-state index contributed by atoms with van der Waals surface area (Å²) in [6.07, 6.45) is 1.35. The predicted molar refractivity (Wildman–Crippen MR) is 63.9 cm³/mol. The van der Waals surface area contributed by atoms with E-state index in [1.54, 1.807) is 5.38 Å². The highest BCUT2D eigenvalue weighted by molar-refractivity contribution is 7.07. The Bertz CT molecular complexity index is 398. The van der Waals surface area contributed by atoms with Crippen LogP contribution in [0.2, 0.25) is 0 Å². The van der Waals surface area contributed by atoms with Crippen LogP contribution in [0.15, 0.2) is 15.3 Å². The molecule has 0 fully saturated rings. The van der Waals surface area contributed by atoms with Crippen LogP contribution >= 0.6 is 11.3 Å². The van der Waals surface area contributed by atoms with Crippen molar-refractivity contribution in [1.29, 1.82) is 0 Å². The maximum absolute atomic E-state index is 10.9. The summed E-state index contributed by atoms with van der Waals surface area (Å²) < 4.78 is 0. The second-order valence-corrected chi connectivity index (χ2v) is 4.30. The molecular formula is C9H16N4O2S. The van der Waals surface area contributed by atoms with Crippen molar-refractivity contribution in [2.45, 2.75) is 32.4 Å². The fourth-order valence-corrected chi connectivity index (χ4v) is 1.89. The van der Waals surface area contributed by atoms with Crippen molar-refractivity contribution >= 4 is 17.2 Å². The van der Waals surface area contributed by atoms with Crippen molar-refractivity contribution in [1.82, 2.24) is 10.3 Å². The van der Waals surface area contributed by atoms with Crippen molar-refractivity contribution < 1.29 is 5.21 Å². The molecule has 16 heavy (non-hydrogen) atoms. The van der Waals surface area contributed by atoms with E-state index in [2.05, 4.69) is 15.5 Å². The summed E-state index contributed by atoms with van der Waals surface area (Å²) >= 11 is 1.14. The molecule has 90 valence electrons. The van der Waals surface area contributed by atoms with Gasteiger partial charge in [-0.05, 0) is 6.42 Å². The van der Waals surface area contributed by atoms with Crippen molar-refractivity contribution in [2.75, 3.05) is 0 Å². The van der Waals surface area contributed by atoms with Gasteiger partial charge >= 0.3 is 4.87 Å². The molecule has 1 rings (SSSR count). The first-order valence-electron chi connectivity index (χ1n) is 5.02. The average molecular weight is 244 g/mol. The fourth-order valence-electron chi connectivity index (χ4n) is 1.31. The molecule has 0 aliphatic carbocycles. The molecule has 7 heteroatoms. The van der Waals surface area contributed by atoms with E-state index in [0.29, 0.717) is 13.0 Å². The average Bonchev–Trinajstić information content (AvgIpc) is 2.69. The molecule has 0 aliphatic heterocycles. The van der Waals surface area contributed by atoms with Gasteiger partial charge in [-0.1, -0.05) is 23.4 Å². The molecule has 0 saturated carbocycles. The number of nitrogens with one attached hydrogen (secondary N) is 2. The van der Waals surface area contributed by atoms with Crippen LogP contribution in [0.5, 0.6) is 0 Å². The van der Waals surface area contributed by atoms with Gasteiger partial charge in [0.05, 0.1) is 0 Å². The summed E-state index contributed by atoms with van der Waals surface area (Å²) in [7, 11) is 0. The third-order valence-corrected chi connectivity index (χ3v) is 2.95. The Balaban J connectivity index is 2.42. The van der Waals surface area contributed by atoms with Crippen molar-refractivity contribution in [3.05, 3.63) is 20.7 Å². The molecule has 1 unspecified atom stereocenters. The van der Waals surface area contributed by atoms with Gasteiger partial charge in [-0.25, -0.2) is 0 Å². The van der Waals surface area contributed by atoms with Crippen LogP contribution in [0.4, 0.5) is 0 Å². The van der Waals surface area contributed by atoms with Gasteiger partial charge in [0.25, 0.3) is 0 Å². The lowest BCUT2D eigenvalue weighted by atomic mass is 10.1. The maximum atomic E-state index is 10.9. The van der Waals surface area contributed by atoms with Gasteiger partial charge in [0, 0.05) is 30.1 Å². The van der Waals surface area contributed by atoms with E-state index in [9.17, 15) is 4.79 Å². The molecule has 1 aromatic rings. The smallest absolute Gasteiger partial charge is 0.304 e. The summed E-state index contributed by atoms with van der Waals surface area (Å²) in [5.41, 5.74) is 6.28. The number of thiazole rings is 1. The van der Waals surface area contributed by atoms with Crippen molar-refractivity contribution in [3.8, 4) is 0 Å². The van der Waals surface area contributed by atoms with Crippen LogP contribution in [-0.2, 0) is 6.54 Å². The summed E-state index contributed by atoms with van der Waals surface area (Å²) in [6.45, 7) is 2.59. The summed E-state index contributed by atoms with van der Waals surface area (Å²) in [6, 6.07) is 0.138. The monoisotopic (exact) mass is 244 g/mol. The molecule has 1 heterocycles. The van der Waals surface area contributed by atoms with Gasteiger partial charge in [0.1, 0.15) is 5.84 Å². The Morgan fingerprint density at radius 1 is 1.81 bits per heavy atom. The van der Waals surface area contributed by atoms with Crippen LogP contribution in [0.3, 0.4) is 0 Å². The zero-order valence-electron chi connectivity index (χ0n) is 9.06. The number of rotatable bonds is 6. The number of aromatic nitrogens is 1. The van der Waals surface area contributed by atoms with Crippen LogP contribution in [-0.4, -0.2) is 22.1 Å². The van der Waals surface area contributed by atoms with Crippen LogP contribution in [0, 0.1) is 0 Å². The molecule has 0 aromatic carbocycles. The number of hydrogen-bond donors (Lipinski definition) is 4. The summed E-state index contributed by atoms with van der Waals surface area (Å²) in [5, 5.41) is 16.4. The van der Waals surface area contributed by atoms with Gasteiger partial charge in [-0.2, -0.15) is 0 Å². The molecule has 0 amide bonds. The lowest BCUT2D eigenvalue weighted by Crippen LogP contribution is -2.32. The van der Waals surface area contributed by atoms with E-state index in [1.807, 2.05) is 6.92 Å². The first kappa shape index (κ1) is 12.7. The van der Waals surface area contributed by atoms with Gasteiger partial charge in [-0.3, -0.25) is 4.79 Å².